The number of aromatic hydroxyl groups is 1. The van der Waals surface area contributed by atoms with Crippen LogP contribution in [0.25, 0.3) is 0 Å². The Kier molecular flexibility index (Phi) is 3.47. The van der Waals surface area contributed by atoms with Gasteiger partial charge in [-0.05, 0) is 12.1 Å². The lowest BCUT2D eigenvalue weighted by molar-refractivity contribution is -0.136. The zero-order chi connectivity index (χ0) is 13.0. The third kappa shape index (κ3) is 3.24. The number of nitrogens with one attached hydrogen (secondary N) is 1. The third-order valence-corrected chi connectivity index (χ3v) is 2.24. The number of phenols is 1. The van der Waals surface area contributed by atoms with Gasteiger partial charge in [-0.2, -0.15) is 4.98 Å². The number of hydrogen-bond acceptors (Lipinski definition) is 5. The van der Waals surface area contributed by atoms with Crippen molar-refractivity contribution >= 4 is 17.7 Å². The predicted octanol–water partition coefficient (Wildman–Crippen LogP) is 2.14. The largest absolute Gasteiger partial charge is 0.508 e. The quantitative estimate of drug-likeness (QED) is 0.750. The van der Waals surface area contributed by atoms with Crippen LogP contribution in [-0.2, 0) is 11.2 Å². The van der Waals surface area contributed by atoms with Crippen LogP contribution in [0.3, 0.4) is 0 Å². The second kappa shape index (κ2) is 5.22. The van der Waals surface area contributed by atoms with Crippen molar-refractivity contribution in [3.05, 3.63) is 36.2 Å². The van der Waals surface area contributed by atoms with Gasteiger partial charge in [0.05, 0.1) is 12.1 Å². The van der Waals surface area contributed by atoms with Crippen molar-refractivity contribution in [2.75, 3.05) is 5.32 Å². The zero-order valence-electron chi connectivity index (χ0n) is 9.46. The van der Waals surface area contributed by atoms with Crippen LogP contribution in [-0.4, -0.2) is 21.2 Å². The van der Waals surface area contributed by atoms with E-state index in [1.165, 1.54) is 12.3 Å². The Bertz CT molecular complexity index is 551. The average molecular weight is 248 g/mol. The Balaban J connectivity index is 2.00. The molecule has 0 spiro atoms. The molecule has 3 N–H and O–H groups in total. The second-order valence-electron chi connectivity index (χ2n) is 3.71. The first-order valence-corrected chi connectivity index (χ1v) is 5.36. The summed E-state index contributed by atoms with van der Waals surface area (Å²) in [7, 11) is 0. The molecule has 1 aromatic heterocycles. The number of oxazole rings is 1. The van der Waals surface area contributed by atoms with Crippen molar-refractivity contribution in [2.24, 2.45) is 0 Å². The van der Waals surface area contributed by atoms with Gasteiger partial charge in [0.25, 0.3) is 6.01 Å². The maximum absolute atomic E-state index is 10.4. The molecular formula is C12H12N2O4. The van der Waals surface area contributed by atoms with Crippen molar-refractivity contribution in [1.82, 2.24) is 4.98 Å². The highest BCUT2D eigenvalue weighted by atomic mass is 16.4. The maximum atomic E-state index is 10.4. The fourth-order valence-electron chi connectivity index (χ4n) is 1.42. The van der Waals surface area contributed by atoms with Crippen LogP contribution in [0, 0.1) is 0 Å². The molecule has 0 aliphatic carbocycles. The van der Waals surface area contributed by atoms with Gasteiger partial charge < -0.3 is 19.9 Å². The lowest BCUT2D eigenvalue weighted by Gasteiger charge is -2.01. The molecule has 94 valence electrons. The van der Waals surface area contributed by atoms with Gasteiger partial charge in [0.2, 0.25) is 0 Å². The molecule has 0 atom stereocenters. The molecule has 18 heavy (non-hydrogen) atoms. The standard InChI is InChI=1S/C12H12N2O4/c15-10-3-1-2-8(6-10)13-12-14-9(7-18-12)4-5-11(16)17/h1-3,6-7,15H,4-5H2,(H,13,14)(H,16,17). The fourth-order valence-corrected chi connectivity index (χ4v) is 1.42. The Labute approximate surface area is 103 Å². The van der Waals surface area contributed by atoms with Gasteiger partial charge in [0.1, 0.15) is 12.0 Å². The van der Waals surface area contributed by atoms with Crippen LogP contribution >= 0.6 is 0 Å². The molecule has 0 fully saturated rings. The summed E-state index contributed by atoms with van der Waals surface area (Å²) in [6.45, 7) is 0. The summed E-state index contributed by atoms with van der Waals surface area (Å²) >= 11 is 0. The summed E-state index contributed by atoms with van der Waals surface area (Å²) in [4.78, 5) is 14.5. The normalized spacial score (nSPS) is 10.2. The van der Waals surface area contributed by atoms with Gasteiger partial charge in [-0.1, -0.05) is 6.07 Å². The van der Waals surface area contributed by atoms with Gasteiger partial charge in [-0.3, -0.25) is 4.79 Å². The van der Waals surface area contributed by atoms with Crippen LogP contribution < -0.4 is 5.32 Å². The number of aryl methyl sites for hydroxylation is 1. The van der Waals surface area contributed by atoms with E-state index in [0.717, 1.165) is 0 Å². The number of carboxylic acid groups (broad SMARTS) is 1. The van der Waals surface area contributed by atoms with Crippen molar-refractivity contribution < 1.29 is 19.4 Å². The summed E-state index contributed by atoms with van der Waals surface area (Å²) in [5, 5.41) is 20.7. The molecule has 6 nitrogen and oxygen atoms in total. The highest BCUT2D eigenvalue weighted by Gasteiger charge is 2.06. The van der Waals surface area contributed by atoms with Crippen LogP contribution in [0.2, 0.25) is 0 Å². The first kappa shape index (κ1) is 12.0. The van der Waals surface area contributed by atoms with Gasteiger partial charge in [-0.25, -0.2) is 0 Å². The minimum Gasteiger partial charge on any atom is -0.508 e. The zero-order valence-corrected chi connectivity index (χ0v) is 9.46. The number of carbonyl (C=O) groups is 1. The highest BCUT2D eigenvalue weighted by Crippen LogP contribution is 2.20. The van der Waals surface area contributed by atoms with E-state index < -0.39 is 5.97 Å². The molecule has 2 aromatic rings. The molecule has 0 radical (unpaired) electrons. The van der Waals surface area contributed by atoms with Gasteiger partial charge in [0.15, 0.2) is 0 Å². The van der Waals surface area contributed by atoms with E-state index in [1.54, 1.807) is 18.2 Å². The monoisotopic (exact) mass is 248 g/mol. The van der Waals surface area contributed by atoms with E-state index in [-0.39, 0.29) is 18.2 Å². The number of carboxylic acids is 1. The van der Waals surface area contributed by atoms with E-state index in [2.05, 4.69) is 10.3 Å². The lowest BCUT2D eigenvalue weighted by Crippen LogP contribution is -1.98. The number of anilines is 2. The Morgan fingerprint density at radius 1 is 1.44 bits per heavy atom. The first-order valence-electron chi connectivity index (χ1n) is 5.36. The number of benzene rings is 1. The van der Waals surface area contributed by atoms with Crippen LogP contribution in [0.5, 0.6) is 5.75 Å². The second-order valence-corrected chi connectivity index (χ2v) is 3.71. The van der Waals surface area contributed by atoms with E-state index in [9.17, 15) is 9.90 Å². The van der Waals surface area contributed by atoms with E-state index in [1.807, 2.05) is 0 Å². The fraction of sp³-hybridized carbons (Fsp3) is 0.167. The Morgan fingerprint density at radius 2 is 2.28 bits per heavy atom. The van der Waals surface area contributed by atoms with E-state index in [0.29, 0.717) is 17.8 Å². The first-order chi connectivity index (χ1) is 8.63. The number of aromatic nitrogens is 1. The van der Waals surface area contributed by atoms with Crippen LogP contribution in [0.15, 0.2) is 34.9 Å². The highest BCUT2D eigenvalue weighted by molar-refractivity contribution is 5.67. The summed E-state index contributed by atoms with van der Waals surface area (Å²) < 4.78 is 5.14. The summed E-state index contributed by atoms with van der Waals surface area (Å²) in [5.41, 5.74) is 1.21. The number of aliphatic carboxylic acids is 1. The molecular weight excluding hydrogens is 236 g/mol. The number of phenolic OH excluding ortho intramolecular Hbond substituents is 1. The molecule has 0 unspecified atom stereocenters. The molecule has 0 bridgehead atoms. The average Bonchev–Trinajstić information content (AvgIpc) is 2.74. The molecule has 1 aromatic carbocycles. The van der Waals surface area contributed by atoms with E-state index in [4.69, 9.17) is 9.52 Å². The van der Waals surface area contributed by atoms with Crippen molar-refractivity contribution in [2.45, 2.75) is 12.8 Å². The Hall–Kier alpha value is -2.50. The van der Waals surface area contributed by atoms with Crippen molar-refractivity contribution in [3.63, 3.8) is 0 Å². The molecule has 2 rings (SSSR count). The molecule has 0 aliphatic heterocycles. The lowest BCUT2D eigenvalue weighted by atomic mass is 10.2. The van der Waals surface area contributed by atoms with Crippen molar-refractivity contribution in [3.8, 4) is 5.75 Å². The molecule has 0 saturated carbocycles. The van der Waals surface area contributed by atoms with E-state index >= 15 is 0 Å². The smallest absolute Gasteiger partial charge is 0.303 e. The third-order valence-electron chi connectivity index (χ3n) is 2.24. The number of hydrogen-bond donors (Lipinski definition) is 3. The summed E-state index contributed by atoms with van der Waals surface area (Å²) in [6.07, 6.45) is 1.74. The topological polar surface area (TPSA) is 95.6 Å². The van der Waals surface area contributed by atoms with Crippen LogP contribution in [0.1, 0.15) is 12.1 Å². The SMILES string of the molecule is O=C(O)CCc1coc(Nc2cccc(O)c2)n1. The molecule has 0 aliphatic rings. The van der Waals surface area contributed by atoms with Crippen molar-refractivity contribution in [1.29, 1.82) is 0 Å². The van der Waals surface area contributed by atoms with Gasteiger partial charge in [-0.15, -0.1) is 0 Å². The molecule has 0 saturated heterocycles. The summed E-state index contributed by atoms with van der Waals surface area (Å²) in [6, 6.07) is 6.79. The summed E-state index contributed by atoms with van der Waals surface area (Å²) in [5.74, 6) is -0.738. The van der Waals surface area contributed by atoms with Gasteiger partial charge in [0, 0.05) is 18.2 Å². The molecule has 0 amide bonds. The minimum atomic E-state index is -0.875. The molecule has 6 heteroatoms. The maximum Gasteiger partial charge on any atom is 0.303 e. The minimum absolute atomic E-state index is 0.0120. The van der Waals surface area contributed by atoms with Gasteiger partial charge >= 0.3 is 5.97 Å². The number of nitrogens with zero attached hydrogens (tertiary/aromatic N) is 1. The number of rotatable bonds is 5. The molecule has 1 heterocycles. The van der Waals surface area contributed by atoms with Crippen LogP contribution in [0.4, 0.5) is 11.7 Å². The Morgan fingerprint density at radius 3 is 3.00 bits per heavy atom. The predicted molar refractivity (Wildman–Crippen MR) is 63.8 cm³/mol.